The van der Waals surface area contributed by atoms with Crippen LogP contribution in [-0.2, 0) is 35.3 Å². The number of aromatic nitrogens is 1. The fraction of sp³-hybridized carbons (Fsp3) is 0.312. The number of ether oxygens (including phenoxy) is 1. The summed E-state index contributed by atoms with van der Waals surface area (Å²) in [4.78, 5) is 29.4. The summed E-state index contributed by atoms with van der Waals surface area (Å²) in [5.74, 6) is -0.252. The van der Waals surface area contributed by atoms with Crippen molar-refractivity contribution in [2.45, 2.75) is 58.5 Å². The molecule has 2 aromatic heterocycles. The molecule has 6 nitrogen and oxygen atoms in total. The van der Waals surface area contributed by atoms with Crippen molar-refractivity contribution in [2.75, 3.05) is 11.9 Å². The van der Waals surface area contributed by atoms with Gasteiger partial charge in [-0.15, -0.1) is 11.3 Å². The SMILES string of the molecule is CCOC(=O)Cc1ccc(NC(=O)N2Cc3c(sc4c3CCCC4)-n3cccc3[C@@H]2c2ccc(C)cc2)cc1. The summed E-state index contributed by atoms with van der Waals surface area (Å²) in [6, 6.07) is 19.8. The highest BCUT2D eigenvalue weighted by Gasteiger charge is 2.36. The van der Waals surface area contributed by atoms with Gasteiger partial charge in [-0.25, -0.2) is 4.79 Å². The lowest BCUT2D eigenvalue weighted by molar-refractivity contribution is -0.142. The minimum atomic E-state index is -0.252. The lowest BCUT2D eigenvalue weighted by Crippen LogP contribution is -2.38. The average Bonchev–Trinajstić information content (AvgIpc) is 3.52. The summed E-state index contributed by atoms with van der Waals surface area (Å²) in [6.07, 6.45) is 6.97. The number of nitrogens with zero attached hydrogens (tertiary/aromatic N) is 2. The van der Waals surface area contributed by atoms with E-state index in [2.05, 4.69) is 59.4 Å². The number of hydrogen-bond acceptors (Lipinski definition) is 4. The Kier molecular flexibility index (Phi) is 7.00. The maximum Gasteiger partial charge on any atom is 0.322 e. The molecule has 1 aliphatic carbocycles. The van der Waals surface area contributed by atoms with Crippen LogP contribution in [-0.4, -0.2) is 28.1 Å². The number of anilines is 1. The zero-order chi connectivity index (χ0) is 26.9. The van der Waals surface area contributed by atoms with Crippen molar-refractivity contribution in [3.8, 4) is 5.00 Å². The molecule has 0 radical (unpaired) electrons. The molecule has 3 heterocycles. The van der Waals surface area contributed by atoms with Gasteiger partial charge in [-0.1, -0.05) is 42.0 Å². The Morgan fingerprint density at radius 3 is 2.54 bits per heavy atom. The Labute approximate surface area is 233 Å². The molecule has 0 unspecified atom stereocenters. The largest absolute Gasteiger partial charge is 0.466 e. The molecule has 0 fully saturated rings. The van der Waals surface area contributed by atoms with Crippen molar-refractivity contribution >= 4 is 29.0 Å². The summed E-state index contributed by atoms with van der Waals surface area (Å²) in [7, 11) is 0. The first-order valence-corrected chi connectivity index (χ1v) is 14.5. The third kappa shape index (κ3) is 4.99. The van der Waals surface area contributed by atoms with Crippen molar-refractivity contribution in [2.24, 2.45) is 0 Å². The number of aryl methyl sites for hydroxylation is 2. The van der Waals surface area contributed by atoms with E-state index < -0.39 is 0 Å². The quantitative estimate of drug-likeness (QED) is 0.279. The van der Waals surface area contributed by atoms with Crippen LogP contribution in [0.4, 0.5) is 10.5 Å². The van der Waals surface area contributed by atoms with Gasteiger partial charge in [0.2, 0.25) is 0 Å². The van der Waals surface area contributed by atoms with Crippen LogP contribution >= 0.6 is 11.3 Å². The third-order valence-corrected chi connectivity index (χ3v) is 9.03. The van der Waals surface area contributed by atoms with Gasteiger partial charge >= 0.3 is 12.0 Å². The highest BCUT2D eigenvalue weighted by Crippen LogP contribution is 2.44. The lowest BCUT2D eigenvalue weighted by atomic mass is 9.95. The molecule has 2 aliphatic rings. The highest BCUT2D eigenvalue weighted by molar-refractivity contribution is 7.15. The maximum atomic E-state index is 14.1. The number of carbonyl (C=O) groups excluding carboxylic acids is 2. The Hall–Kier alpha value is -3.84. The number of benzene rings is 2. The topological polar surface area (TPSA) is 63.6 Å². The van der Waals surface area contributed by atoms with E-state index in [1.54, 1.807) is 6.92 Å². The Balaban J connectivity index is 1.36. The lowest BCUT2D eigenvalue weighted by Gasteiger charge is -2.31. The van der Waals surface area contributed by atoms with E-state index in [0.29, 0.717) is 18.8 Å². The van der Waals surface area contributed by atoms with Gasteiger partial charge in [-0.3, -0.25) is 4.79 Å². The predicted octanol–water partition coefficient (Wildman–Crippen LogP) is 6.97. The third-order valence-electron chi connectivity index (χ3n) is 7.69. The molecule has 0 saturated carbocycles. The monoisotopic (exact) mass is 539 g/mol. The van der Waals surface area contributed by atoms with Crippen molar-refractivity contribution in [1.82, 2.24) is 9.47 Å². The predicted molar refractivity (Wildman–Crippen MR) is 155 cm³/mol. The first-order chi connectivity index (χ1) is 19.0. The Bertz CT molecular complexity index is 1500. The first-order valence-electron chi connectivity index (χ1n) is 13.7. The summed E-state index contributed by atoms with van der Waals surface area (Å²) in [5.41, 5.74) is 7.64. The van der Waals surface area contributed by atoms with Gasteiger partial charge in [0, 0.05) is 22.3 Å². The van der Waals surface area contributed by atoms with Gasteiger partial charge in [0.1, 0.15) is 5.00 Å². The second-order valence-electron chi connectivity index (χ2n) is 10.3. The molecule has 1 aliphatic heterocycles. The molecule has 0 saturated heterocycles. The number of nitrogens with one attached hydrogen (secondary N) is 1. The standard InChI is InChI=1S/C32H33N3O3S/c1-3-38-29(36)19-22-12-16-24(17-13-22)33-32(37)35-20-26-25-7-4-5-9-28(25)39-31(26)34-18-6-8-27(34)30(35)23-14-10-21(2)11-15-23/h6,8,10-18,30H,3-5,7,9,19-20H2,1-2H3,(H,33,37)/t30-/m0/s1. The molecule has 200 valence electrons. The van der Waals surface area contributed by atoms with Crippen LogP contribution in [0.5, 0.6) is 0 Å². The number of esters is 1. The number of carbonyl (C=O) groups is 2. The van der Waals surface area contributed by atoms with E-state index in [-0.39, 0.29) is 24.5 Å². The second-order valence-corrected chi connectivity index (χ2v) is 11.4. The van der Waals surface area contributed by atoms with Crippen molar-refractivity contribution in [1.29, 1.82) is 0 Å². The number of urea groups is 1. The zero-order valence-corrected chi connectivity index (χ0v) is 23.2. The molecular formula is C32H33N3O3S. The average molecular weight is 540 g/mol. The van der Waals surface area contributed by atoms with E-state index >= 15 is 0 Å². The minimum absolute atomic E-state index is 0.143. The van der Waals surface area contributed by atoms with Crippen LogP contribution in [0.15, 0.2) is 66.9 Å². The molecule has 39 heavy (non-hydrogen) atoms. The van der Waals surface area contributed by atoms with Gasteiger partial charge in [-0.05, 0) is 80.5 Å². The fourth-order valence-electron chi connectivity index (χ4n) is 5.77. The zero-order valence-electron chi connectivity index (χ0n) is 22.4. The fourth-order valence-corrected chi connectivity index (χ4v) is 7.17. The molecule has 0 spiro atoms. The first kappa shape index (κ1) is 25.4. The number of fused-ring (bicyclic) bond motifs is 5. The van der Waals surface area contributed by atoms with Crippen molar-refractivity contribution < 1.29 is 14.3 Å². The summed E-state index contributed by atoms with van der Waals surface area (Å²) >= 11 is 1.89. The molecule has 4 aromatic rings. The van der Waals surface area contributed by atoms with Crippen LogP contribution in [0.1, 0.15) is 64.2 Å². The molecule has 2 aromatic carbocycles. The maximum absolute atomic E-state index is 14.1. The van der Waals surface area contributed by atoms with E-state index in [9.17, 15) is 9.59 Å². The van der Waals surface area contributed by atoms with Crippen molar-refractivity contribution in [3.05, 3.63) is 105 Å². The minimum Gasteiger partial charge on any atom is -0.466 e. The Morgan fingerprint density at radius 2 is 1.77 bits per heavy atom. The van der Waals surface area contributed by atoms with Gasteiger partial charge in [0.15, 0.2) is 0 Å². The molecule has 6 rings (SSSR count). The molecular weight excluding hydrogens is 506 g/mol. The Morgan fingerprint density at radius 1 is 1.00 bits per heavy atom. The summed E-state index contributed by atoms with van der Waals surface area (Å²) in [5, 5.41) is 4.40. The van der Waals surface area contributed by atoms with E-state index in [1.807, 2.05) is 40.5 Å². The van der Waals surface area contributed by atoms with E-state index in [0.717, 1.165) is 29.7 Å². The van der Waals surface area contributed by atoms with Crippen LogP contribution < -0.4 is 5.32 Å². The number of amides is 2. The number of thiophene rings is 1. The molecule has 0 bridgehead atoms. The number of hydrogen-bond donors (Lipinski definition) is 1. The van der Waals surface area contributed by atoms with E-state index in [1.165, 1.54) is 39.4 Å². The van der Waals surface area contributed by atoms with Crippen LogP contribution in [0.25, 0.3) is 5.00 Å². The van der Waals surface area contributed by atoms with Gasteiger partial charge < -0.3 is 19.5 Å². The van der Waals surface area contributed by atoms with Crippen molar-refractivity contribution in [3.63, 3.8) is 0 Å². The van der Waals surface area contributed by atoms with Gasteiger partial charge in [0.05, 0.1) is 31.3 Å². The van der Waals surface area contributed by atoms with Crippen LogP contribution in [0.2, 0.25) is 0 Å². The molecule has 7 heteroatoms. The van der Waals surface area contributed by atoms with Gasteiger partial charge in [0.25, 0.3) is 0 Å². The second kappa shape index (κ2) is 10.7. The smallest absolute Gasteiger partial charge is 0.322 e. The summed E-state index contributed by atoms with van der Waals surface area (Å²) in [6.45, 7) is 4.80. The molecule has 2 amide bonds. The molecule has 1 N–H and O–H groups in total. The normalized spacial score (nSPS) is 16.1. The van der Waals surface area contributed by atoms with Gasteiger partial charge in [-0.2, -0.15) is 0 Å². The van der Waals surface area contributed by atoms with Crippen LogP contribution in [0.3, 0.4) is 0 Å². The van der Waals surface area contributed by atoms with E-state index in [4.69, 9.17) is 4.74 Å². The summed E-state index contributed by atoms with van der Waals surface area (Å²) < 4.78 is 7.37. The highest BCUT2D eigenvalue weighted by atomic mass is 32.1. The molecule has 1 atom stereocenters. The number of rotatable bonds is 5. The van der Waals surface area contributed by atoms with Crippen LogP contribution in [0, 0.1) is 6.92 Å².